The monoisotopic (exact) mass is 416 g/mol. The van der Waals surface area contributed by atoms with Gasteiger partial charge in [0.2, 0.25) is 11.0 Å². The molecular formula is C16H18Cl2N4OS2. The average molecular weight is 417 g/mol. The summed E-state index contributed by atoms with van der Waals surface area (Å²) in [7, 11) is 0. The standard InChI is InChI=1S/C16H18Cl2N4OS2/c1-24-16-21-20-15(25-16)19-14(23)10-5-7-22(8-6-10)9-11-12(17)3-2-4-13(11)18/h2-4,10H,5-9H2,1H3,(H,19,20,23). The lowest BCUT2D eigenvalue weighted by molar-refractivity contribution is -0.121. The predicted octanol–water partition coefficient (Wildman–Crippen LogP) is 4.42. The van der Waals surface area contributed by atoms with Gasteiger partial charge < -0.3 is 5.32 Å². The van der Waals surface area contributed by atoms with Crippen molar-refractivity contribution in [2.24, 2.45) is 5.92 Å². The lowest BCUT2D eigenvalue weighted by Crippen LogP contribution is -2.37. The van der Waals surface area contributed by atoms with Crippen LogP contribution in [0, 0.1) is 5.92 Å². The average Bonchev–Trinajstić information content (AvgIpc) is 3.06. The number of anilines is 1. The molecule has 1 aromatic carbocycles. The highest BCUT2D eigenvalue weighted by Gasteiger charge is 2.26. The minimum atomic E-state index is -0.000373. The summed E-state index contributed by atoms with van der Waals surface area (Å²) in [4.78, 5) is 14.7. The third kappa shape index (κ3) is 4.86. The van der Waals surface area contributed by atoms with Gasteiger partial charge >= 0.3 is 0 Å². The van der Waals surface area contributed by atoms with Crippen molar-refractivity contribution in [1.29, 1.82) is 0 Å². The molecule has 1 amide bonds. The van der Waals surface area contributed by atoms with E-state index in [4.69, 9.17) is 23.2 Å². The number of piperidine rings is 1. The minimum Gasteiger partial charge on any atom is -0.300 e. The summed E-state index contributed by atoms with van der Waals surface area (Å²) in [6.07, 6.45) is 3.55. The Morgan fingerprint density at radius 2 is 2.00 bits per heavy atom. The first-order valence-electron chi connectivity index (χ1n) is 7.90. The Bertz CT molecular complexity index is 727. The number of halogens is 2. The Labute approximate surface area is 165 Å². The number of nitrogens with zero attached hydrogens (tertiary/aromatic N) is 3. The summed E-state index contributed by atoms with van der Waals surface area (Å²) in [5.74, 6) is 0.0267. The summed E-state index contributed by atoms with van der Waals surface area (Å²) in [6.45, 7) is 2.39. The quantitative estimate of drug-likeness (QED) is 0.577. The maximum atomic E-state index is 12.4. The molecule has 1 aromatic heterocycles. The molecule has 0 unspecified atom stereocenters. The molecule has 2 aromatic rings. The van der Waals surface area contributed by atoms with Crippen LogP contribution in [0.25, 0.3) is 0 Å². The highest BCUT2D eigenvalue weighted by Crippen LogP contribution is 2.28. The third-order valence-corrected chi connectivity index (χ3v) is 6.74. The van der Waals surface area contributed by atoms with E-state index < -0.39 is 0 Å². The largest absolute Gasteiger partial charge is 0.300 e. The lowest BCUT2D eigenvalue weighted by Gasteiger charge is -2.31. The van der Waals surface area contributed by atoms with E-state index in [-0.39, 0.29) is 11.8 Å². The molecule has 1 aliphatic heterocycles. The van der Waals surface area contributed by atoms with Gasteiger partial charge in [-0.1, -0.05) is 52.4 Å². The second kappa shape index (κ2) is 8.68. The van der Waals surface area contributed by atoms with Gasteiger partial charge in [-0.05, 0) is 44.3 Å². The van der Waals surface area contributed by atoms with Gasteiger partial charge in [-0.2, -0.15) is 0 Å². The first-order chi connectivity index (χ1) is 12.1. The Morgan fingerprint density at radius 1 is 1.32 bits per heavy atom. The smallest absolute Gasteiger partial charge is 0.229 e. The van der Waals surface area contributed by atoms with Crippen LogP contribution in [-0.2, 0) is 11.3 Å². The van der Waals surface area contributed by atoms with E-state index in [2.05, 4.69) is 20.4 Å². The zero-order valence-electron chi connectivity index (χ0n) is 13.7. The highest BCUT2D eigenvalue weighted by molar-refractivity contribution is 8.00. The molecule has 0 aliphatic carbocycles. The van der Waals surface area contributed by atoms with Gasteiger partial charge in [0.1, 0.15) is 0 Å². The van der Waals surface area contributed by atoms with Gasteiger partial charge in [0.15, 0.2) is 4.34 Å². The molecule has 1 N–H and O–H groups in total. The molecule has 0 saturated carbocycles. The number of amides is 1. The van der Waals surface area contributed by atoms with Gasteiger partial charge in [0.25, 0.3) is 0 Å². The van der Waals surface area contributed by atoms with Crippen molar-refractivity contribution in [3.63, 3.8) is 0 Å². The summed E-state index contributed by atoms with van der Waals surface area (Å²) >= 11 is 15.4. The van der Waals surface area contributed by atoms with Gasteiger partial charge in [-0.3, -0.25) is 9.69 Å². The summed E-state index contributed by atoms with van der Waals surface area (Å²) in [5, 5.41) is 12.8. The van der Waals surface area contributed by atoms with Crippen LogP contribution in [0.2, 0.25) is 10.0 Å². The number of carbonyl (C=O) groups is 1. The van der Waals surface area contributed by atoms with Crippen molar-refractivity contribution < 1.29 is 4.79 Å². The fraction of sp³-hybridized carbons (Fsp3) is 0.438. The molecule has 0 spiro atoms. The molecule has 0 bridgehead atoms. The van der Waals surface area contributed by atoms with Crippen molar-refractivity contribution >= 4 is 57.3 Å². The molecule has 0 radical (unpaired) electrons. The van der Waals surface area contributed by atoms with Crippen molar-refractivity contribution in [2.45, 2.75) is 23.7 Å². The van der Waals surface area contributed by atoms with Crippen LogP contribution < -0.4 is 5.32 Å². The normalized spacial score (nSPS) is 16.1. The Morgan fingerprint density at radius 3 is 2.60 bits per heavy atom. The molecule has 1 aliphatic rings. The molecule has 3 rings (SSSR count). The van der Waals surface area contributed by atoms with Crippen LogP contribution in [-0.4, -0.2) is 40.3 Å². The number of benzene rings is 1. The maximum Gasteiger partial charge on any atom is 0.229 e. The molecule has 1 fully saturated rings. The summed E-state index contributed by atoms with van der Waals surface area (Å²) in [6, 6.07) is 5.56. The predicted molar refractivity (Wildman–Crippen MR) is 105 cm³/mol. The number of thioether (sulfide) groups is 1. The van der Waals surface area contributed by atoms with Gasteiger partial charge in [-0.25, -0.2) is 0 Å². The number of carbonyl (C=O) groups excluding carboxylic acids is 1. The van der Waals surface area contributed by atoms with Gasteiger partial charge in [0, 0.05) is 28.1 Å². The molecule has 25 heavy (non-hydrogen) atoms. The number of nitrogens with one attached hydrogen (secondary N) is 1. The molecular weight excluding hydrogens is 399 g/mol. The SMILES string of the molecule is CSc1nnc(NC(=O)C2CCN(Cc3c(Cl)cccc3Cl)CC2)s1. The number of rotatable bonds is 5. The van der Waals surface area contributed by atoms with Crippen LogP contribution in [0.15, 0.2) is 22.5 Å². The zero-order chi connectivity index (χ0) is 17.8. The van der Waals surface area contributed by atoms with E-state index in [0.29, 0.717) is 21.7 Å². The summed E-state index contributed by atoms with van der Waals surface area (Å²) in [5.41, 5.74) is 0.951. The van der Waals surface area contributed by atoms with Gasteiger partial charge in [-0.15, -0.1) is 10.2 Å². The van der Waals surface area contributed by atoms with E-state index in [1.165, 1.54) is 23.1 Å². The first-order valence-corrected chi connectivity index (χ1v) is 10.7. The Balaban J connectivity index is 1.52. The fourth-order valence-corrected chi connectivity index (χ4v) is 4.50. The van der Waals surface area contributed by atoms with Crippen LogP contribution >= 0.6 is 46.3 Å². The number of aromatic nitrogens is 2. The van der Waals surface area contributed by atoms with Crippen LogP contribution in [0.5, 0.6) is 0 Å². The Kier molecular flexibility index (Phi) is 6.57. The van der Waals surface area contributed by atoms with Crippen molar-refractivity contribution in [2.75, 3.05) is 24.7 Å². The first kappa shape index (κ1) is 18.9. The van der Waals surface area contributed by atoms with Gasteiger partial charge in [0.05, 0.1) is 0 Å². The molecule has 9 heteroatoms. The lowest BCUT2D eigenvalue weighted by atomic mass is 9.95. The van der Waals surface area contributed by atoms with Crippen LogP contribution in [0.3, 0.4) is 0 Å². The number of hydrogen-bond donors (Lipinski definition) is 1. The third-order valence-electron chi connectivity index (χ3n) is 4.21. The second-order valence-electron chi connectivity index (χ2n) is 5.82. The molecule has 134 valence electrons. The number of likely N-dealkylation sites (tertiary alicyclic amines) is 1. The number of hydrogen-bond acceptors (Lipinski definition) is 6. The van der Waals surface area contributed by atoms with E-state index in [9.17, 15) is 4.79 Å². The molecule has 1 saturated heterocycles. The van der Waals surface area contributed by atoms with Crippen LogP contribution in [0.4, 0.5) is 5.13 Å². The van der Waals surface area contributed by atoms with E-state index in [1.54, 1.807) is 0 Å². The van der Waals surface area contributed by atoms with E-state index in [0.717, 1.165) is 35.8 Å². The van der Waals surface area contributed by atoms with E-state index in [1.807, 2.05) is 24.5 Å². The van der Waals surface area contributed by atoms with E-state index >= 15 is 0 Å². The second-order valence-corrected chi connectivity index (χ2v) is 8.66. The zero-order valence-corrected chi connectivity index (χ0v) is 16.8. The molecule has 0 atom stereocenters. The minimum absolute atomic E-state index is 0.000373. The molecule has 5 nitrogen and oxygen atoms in total. The molecule has 2 heterocycles. The van der Waals surface area contributed by atoms with Crippen LogP contribution in [0.1, 0.15) is 18.4 Å². The fourth-order valence-electron chi connectivity index (χ4n) is 2.81. The van der Waals surface area contributed by atoms with Crippen molar-refractivity contribution in [3.05, 3.63) is 33.8 Å². The Hall–Kier alpha value is -0.860. The topological polar surface area (TPSA) is 58.1 Å². The van der Waals surface area contributed by atoms with Crippen molar-refractivity contribution in [3.8, 4) is 0 Å². The summed E-state index contributed by atoms with van der Waals surface area (Å²) < 4.78 is 0.849. The highest BCUT2D eigenvalue weighted by atomic mass is 35.5. The van der Waals surface area contributed by atoms with Crippen molar-refractivity contribution in [1.82, 2.24) is 15.1 Å². The maximum absolute atomic E-state index is 12.4.